The van der Waals surface area contributed by atoms with Crippen molar-refractivity contribution >= 4 is 27.6 Å². The van der Waals surface area contributed by atoms with Crippen LogP contribution in [0.15, 0.2) is 41.3 Å². The van der Waals surface area contributed by atoms with E-state index in [2.05, 4.69) is 0 Å². The predicted molar refractivity (Wildman–Crippen MR) is 106 cm³/mol. The van der Waals surface area contributed by atoms with Crippen LogP contribution in [-0.4, -0.2) is 38.9 Å². The van der Waals surface area contributed by atoms with Gasteiger partial charge in [0.05, 0.1) is 34.6 Å². The number of hydrogen-bond donors (Lipinski definition) is 0. The van der Waals surface area contributed by atoms with E-state index in [0.717, 1.165) is 18.2 Å². The molecule has 1 fully saturated rings. The number of ether oxygens (including phenoxy) is 2. The van der Waals surface area contributed by atoms with Crippen LogP contribution >= 0.6 is 11.6 Å². The molecular formula is C20H18ClFN2O5S. The Bertz CT molecular complexity index is 1110. The van der Waals surface area contributed by atoms with Gasteiger partial charge in [0, 0.05) is 19.2 Å². The summed E-state index contributed by atoms with van der Waals surface area (Å²) in [7, 11) is -2.45. The van der Waals surface area contributed by atoms with Crippen molar-refractivity contribution < 1.29 is 27.1 Å². The molecule has 0 aromatic heterocycles. The first kappa shape index (κ1) is 22.0. The number of piperidine rings is 1. The molecule has 1 aliphatic rings. The van der Waals surface area contributed by atoms with Gasteiger partial charge in [0.25, 0.3) is 0 Å². The summed E-state index contributed by atoms with van der Waals surface area (Å²) >= 11 is 5.70. The second kappa shape index (κ2) is 9.00. The normalized spacial score (nSPS) is 15.4. The second-order valence-corrected chi connectivity index (χ2v) is 9.00. The number of nitriles is 1. The van der Waals surface area contributed by atoms with E-state index >= 15 is 0 Å². The number of halogens is 2. The Morgan fingerprint density at radius 3 is 2.50 bits per heavy atom. The lowest BCUT2D eigenvalue weighted by molar-refractivity contribution is -0.140. The molecule has 0 N–H and O–H groups in total. The van der Waals surface area contributed by atoms with Crippen LogP contribution in [0.2, 0.25) is 5.02 Å². The van der Waals surface area contributed by atoms with Gasteiger partial charge in [-0.3, -0.25) is 4.79 Å². The number of nitrogens with zero attached hydrogens (tertiary/aromatic N) is 2. The Morgan fingerprint density at radius 1 is 1.20 bits per heavy atom. The first-order valence-corrected chi connectivity index (χ1v) is 10.8. The summed E-state index contributed by atoms with van der Waals surface area (Å²) in [6, 6.07) is 9.66. The van der Waals surface area contributed by atoms with Gasteiger partial charge in [0.2, 0.25) is 10.0 Å². The van der Waals surface area contributed by atoms with Crippen molar-refractivity contribution in [2.24, 2.45) is 5.92 Å². The highest BCUT2D eigenvalue weighted by Gasteiger charge is 2.33. The van der Waals surface area contributed by atoms with Crippen LogP contribution in [0.3, 0.4) is 0 Å². The van der Waals surface area contributed by atoms with Crippen LogP contribution in [-0.2, 0) is 14.8 Å². The largest absolute Gasteiger partial charge is 0.493 e. The van der Waals surface area contributed by atoms with E-state index in [0.29, 0.717) is 5.56 Å². The van der Waals surface area contributed by atoms with E-state index in [9.17, 15) is 17.6 Å². The minimum absolute atomic E-state index is 0.0998. The van der Waals surface area contributed by atoms with Gasteiger partial charge in [-0.2, -0.15) is 9.57 Å². The van der Waals surface area contributed by atoms with E-state index in [1.54, 1.807) is 0 Å². The zero-order valence-corrected chi connectivity index (χ0v) is 17.5. The molecule has 2 aromatic carbocycles. The lowest BCUT2D eigenvalue weighted by Gasteiger charge is -2.30. The van der Waals surface area contributed by atoms with Gasteiger partial charge in [-0.05, 0) is 43.2 Å². The molecule has 1 aliphatic heterocycles. The molecule has 1 heterocycles. The zero-order chi connectivity index (χ0) is 21.9. The molecule has 0 spiro atoms. The zero-order valence-electron chi connectivity index (χ0n) is 16.0. The van der Waals surface area contributed by atoms with Crippen molar-refractivity contribution in [3.05, 3.63) is 52.8 Å². The van der Waals surface area contributed by atoms with Crippen LogP contribution in [0.5, 0.6) is 11.5 Å². The minimum atomic E-state index is -3.85. The molecule has 0 bridgehead atoms. The summed E-state index contributed by atoms with van der Waals surface area (Å²) in [4.78, 5) is 12.4. The number of sulfonamides is 1. The van der Waals surface area contributed by atoms with Crippen LogP contribution < -0.4 is 9.47 Å². The Morgan fingerprint density at radius 2 is 1.90 bits per heavy atom. The van der Waals surface area contributed by atoms with Gasteiger partial charge in [0.1, 0.15) is 5.82 Å². The van der Waals surface area contributed by atoms with E-state index in [1.807, 2.05) is 6.07 Å². The Kier molecular flexibility index (Phi) is 6.61. The molecule has 0 amide bonds. The highest BCUT2D eigenvalue weighted by atomic mass is 35.5. The molecule has 10 heteroatoms. The summed E-state index contributed by atoms with van der Waals surface area (Å²) < 4.78 is 50.6. The molecule has 3 rings (SSSR count). The van der Waals surface area contributed by atoms with Crippen molar-refractivity contribution in [2.45, 2.75) is 17.7 Å². The van der Waals surface area contributed by atoms with Gasteiger partial charge in [-0.25, -0.2) is 12.8 Å². The lowest BCUT2D eigenvalue weighted by Crippen LogP contribution is -2.41. The minimum Gasteiger partial charge on any atom is -0.493 e. The average molecular weight is 453 g/mol. The molecule has 30 heavy (non-hydrogen) atoms. The van der Waals surface area contributed by atoms with Crippen molar-refractivity contribution in [1.82, 2.24) is 4.31 Å². The number of carbonyl (C=O) groups is 1. The second-order valence-electron chi connectivity index (χ2n) is 6.65. The Hall–Kier alpha value is -2.67. The molecule has 0 saturated carbocycles. The molecule has 1 saturated heterocycles. The van der Waals surface area contributed by atoms with E-state index in [4.69, 9.17) is 26.3 Å². The predicted octanol–water partition coefficient (Wildman–Crippen LogP) is 3.37. The van der Waals surface area contributed by atoms with E-state index < -0.39 is 27.7 Å². The SMILES string of the molecule is COc1cc(C#N)ccc1OC(=O)C1CCN(S(=O)(=O)c2ccc(F)c(Cl)c2)CC1. The average Bonchev–Trinajstić information content (AvgIpc) is 2.75. The molecule has 158 valence electrons. The van der Waals surface area contributed by atoms with E-state index in [1.165, 1.54) is 29.6 Å². The van der Waals surface area contributed by atoms with Gasteiger partial charge >= 0.3 is 5.97 Å². The van der Waals surface area contributed by atoms with Gasteiger partial charge in [-0.15, -0.1) is 0 Å². The third-order valence-corrected chi connectivity index (χ3v) is 7.00. The molecule has 7 nitrogen and oxygen atoms in total. The van der Waals surface area contributed by atoms with Crippen molar-refractivity contribution in [2.75, 3.05) is 20.2 Å². The van der Waals surface area contributed by atoms with Crippen LogP contribution in [0.1, 0.15) is 18.4 Å². The Labute approximate surface area is 178 Å². The van der Waals surface area contributed by atoms with Crippen LogP contribution in [0.25, 0.3) is 0 Å². The van der Waals surface area contributed by atoms with Gasteiger partial charge in [0.15, 0.2) is 11.5 Å². The fraction of sp³-hybridized carbons (Fsp3) is 0.300. The van der Waals surface area contributed by atoms with Gasteiger partial charge < -0.3 is 9.47 Å². The summed E-state index contributed by atoms with van der Waals surface area (Å²) in [5.74, 6) is -1.24. The monoisotopic (exact) mass is 452 g/mol. The summed E-state index contributed by atoms with van der Waals surface area (Å²) in [5, 5.41) is 8.67. The highest BCUT2D eigenvalue weighted by molar-refractivity contribution is 7.89. The molecule has 0 unspecified atom stereocenters. The van der Waals surface area contributed by atoms with Gasteiger partial charge in [-0.1, -0.05) is 11.6 Å². The Balaban J connectivity index is 1.66. The number of benzene rings is 2. The fourth-order valence-electron chi connectivity index (χ4n) is 3.13. The van der Waals surface area contributed by atoms with E-state index in [-0.39, 0.29) is 47.3 Å². The first-order valence-electron chi connectivity index (χ1n) is 9.01. The lowest BCUT2D eigenvalue weighted by atomic mass is 9.98. The third kappa shape index (κ3) is 4.56. The van der Waals surface area contributed by atoms with Crippen LogP contribution in [0, 0.1) is 23.1 Å². The summed E-state index contributed by atoms with van der Waals surface area (Å²) in [6.45, 7) is 0.225. The smallest absolute Gasteiger partial charge is 0.314 e. The van der Waals surface area contributed by atoms with Crippen LogP contribution in [0.4, 0.5) is 4.39 Å². The molecule has 0 aliphatic carbocycles. The maximum absolute atomic E-state index is 13.3. The maximum Gasteiger partial charge on any atom is 0.314 e. The quantitative estimate of drug-likeness (QED) is 0.509. The summed E-state index contributed by atoms with van der Waals surface area (Å²) in [6.07, 6.45) is 0.539. The third-order valence-electron chi connectivity index (χ3n) is 4.82. The van der Waals surface area contributed by atoms with Crippen molar-refractivity contribution in [3.8, 4) is 17.6 Å². The highest BCUT2D eigenvalue weighted by Crippen LogP contribution is 2.31. The first-order chi connectivity index (χ1) is 14.3. The topological polar surface area (TPSA) is 96.7 Å². The molecule has 2 aromatic rings. The van der Waals surface area contributed by atoms with Crippen molar-refractivity contribution in [1.29, 1.82) is 5.26 Å². The maximum atomic E-state index is 13.3. The number of methoxy groups -OCH3 is 1. The molecule has 0 radical (unpaired) electrons. The molecule has 0 atom stereocenters. The number of esters is 1. The fourth-order valence-corrected chi connectivity index (χ4v) is 4.87. The molecular weight excluding hydrogens is 435 g/mol. The summed E-state index contributed by atoms with van der Waals surface area (Å²) in [5.41, 5.74) is 0.367. The number of carbonyl (C=O) groups excluding carboxylic acids is 1. The standard InChI is InChI=1S/C20H18ClFN2O5S/c1-28-19-10-13(12-23)2-5-18(19)29-20(25)14-6-8-24(9-7-14)30(26,27)15-3-4-17(22)16(21)11-15/h2-5,10-11,14H,6-9H2,1H3. The number of rotatable bonds is 5. The van der Waals surface area contributed by atoms with Crippen molar-refractivity contribution in [3.63, 3.8) is 0 Å². The number of hydrogen-bond acceptors (Lipinski definition) is 6.